The lowest BCUT2D eigenvalue weighted by Crippen LogP contribution is -2.04. The van der Waals surface area contributed by atoms with Crippen molar-refractivity contribution >= 4 is 22.8 Å². The third-order valence-corrected chi connectivity index (χ3v) is 2.46. The fraction of sp³-hybridized carbons (Fsp3) is 0.0833. The first-order chi connectivity index (χ1) is 8.00. The van der Waals surface area contributed by atoms with Gasteiger partial charge in [0.1, 0.15) is 0 Å². The van der Waals surface area contributed by atoms with Gasteiger partial charge >= 0.3 is 11.9 Å². The van der Waals surface area contributed by atoms with Gasteiger partial charge in [-0.05, 0) is 25.1 Å². The summed E-state index contributed by atoms with van der Waals surface area (Å²) < 4.78 is 0. The summed E-state index contributed by atoms with van der Waals surface area (Å²) >= 11 is 0. The predicted octanol–water partition coefficient (Wildman–Crippen LogP) is 1.94. The Morgan fingerprint density at radius 3 is 2.18 bits per heavy atom. The molecule has 0 aliphatic heterocycles. The molecule has 1 heterocycles. The van der Waals surface area contributed by atoms with Crippen LogP contribution in [0.5, 0.6) is 0 Å². The maximum absolute atomic E-state index is 11.0. The Balaban J connectivity index is 2.90. The second-order valence-electron chi connectivity index (χ2n) is 3.62. The van der Waals surface area contributed by atoms with E-state index in [4.69, 9.17) is 10.2 Å². The molecular formula is C12H9NO4. The van der Waals surface area contributed by atoms with Crippen LogP contribution in [0.1, 0.15) is 26.4 Å². The highest BCUT2D eigenvalue weighted by molar-refractivity contribution is 6.09. The van der Waals surface area contributed by atoms with E-state index in [2.05, 4.69) is 4.98 Å². The first-order valence-corrected chi connectivity index (χ1v) is 4.87. The van der Waals surface area contributed by atoms with E-state index in [-0.39, 0.29) is 16.6 Å². The summed E-state index contributed by atoms with van der Waals surface area (Å²) in [7, 11) is 0. The van der Waals surface area contributed by atoms with Crippen LogP contribution in [-0.2, 0) is 0 Å². The molecule has 2 rings (SSSR count). The molecule has 1 aromatic heterocycles. The lowest BCUT2D eigenvalue weighted by molar-refractivity contribution is 0.0684. The van der Waals surface area contributed by atoms with Gasteiger partial charge in [-0.2, -0.15) is 0 Å². The number of aromatic carboxylic acids is 2. The zero-order valence-electron chi connectivity index (χ0n) is 8.97. The summed E-state index contributed by atoms with van der Waals surface area (Å²) in [6.45, 7) is 1.72. The van der Waals surface area contributed by atoms with Crippen molar-refractivity contribution in [1.29, 1.82) is 0 Å². The van der Waals surface area contributed by atoms with Crippen molar-refractivity contribution < 1.29 is 19.8 Å². The average molecular weight is 231 g/mol. The maximum atomic E-state index is 11.0. The molecule has 0 spiro atoms. The Morgan fingerprint density at radius 1 is 1.00 bits per heavy atom. The van der Waals surface area contributed by atoms with E-state index >= 15 is 0 Å². The van der Waals surface area contributed by atoms with Crippen LogP contribution >= 0.6 is 0 Å². The largest absolute Gasteiger partial charge is 0.478 e. The van der Waals surface area contributed by atoms with Crippen LogP contribution in [0.3, 0.4) is 0 Å². The van der Waals surface area contributed by atoms with Gasteiger partial charge in [0.25, 0.3) is 0 Å². The number of hydrogen-bond acceptors (Lipinski definition) is 3. The minimum atomic E-state index is -1.12. The number of carboxylic acids is 2. The first-order valence-electron chi connectivity index (χ1n) is 4.87. The monoisotopic (exact) mass is 231 g/mol. The standard InChI is InChI=1S/C12H9NO4/c1-6-2-3-7-8(11(14)15)4-5-9(12(16)17)10(7)13-6/h2-5H,1H3,(H,14,15)(H,16,17). The molecule has 5 heteroatoms. The van der Waals surface area contributed by atoms with Crippen LogP contribution in [0.4, 0.5) is 0 Å². The average Bonchev–Trinajstić information content (AvgIpc) is 2.26. The van der Waals surface area contributed by atoms with E-state index in [1.165, 1.54) is 12.1 Å². The molecule has 0 amide bonds. The maximum Gasteiger partial charge on any atom is 0.337 e. The van der Waals surface area contributed by atoms with E-state index in [0.29, 0.717) is 11.1 Å². The molecule has 0 atom stereocenters. The first kappa shape index (κ1) is 11.1. The second-order valence-corrected chi connectivity index (χ2v) is 3.62. The highest BCUT2D eigenvalue weighted by Crippen LogP contribution is 2.22. The number of aromatic nitrogens is 1. The van der Waals surface area contributed by atoms with Crippen LogP contribution < -0.4 is 0 Å². The Morgan fingerprint density at radius 2 is 1.59 bits per heavy atom. The van der Waals surface area contributed by atoms with E-state index < -0.39 is 11.9 Å². The fourth-order valence-corrected chi connectivity index (χ4v) is 1.67. The summed E-state index contributed by atoms with van der Waals surface area (Å²) in [4.78, 5) is 26.1. The molecule has 0 radical (unpaired) electrons. The van der Waals surface area contributed by atoms with Crippen LogP contribution in [0.2, 0.25) is 0 Å². The van der Waals surface area contributed by atoms with Gasteiger partial charge in [0.15, 0.2) is 0 Å². The van der Waals surface area contributed by atoms with Crippen molar-refractivity contribution in [2.75, 3.05) is 0 Å². The number of nitrogens with zero attached hydrogens (tertiary/aromatic N) is 1. The zero-order valence-corrected chi connectivity index (χ0v) is 8.97. The van der Waals surface area contributed by atoms with Crippen LogP contribution in [0, 0.1) is 6.92 Å². The SMILES string of the molecule is Cc1ccc2c(C(=O)O)ccc(C(=O)O)c2n1. The molecule has 5 nitrogen and oxygen atoms in total. The number of benzene rings is 1. The summed E-state index contributed by atoms with van der Waals surface area (Å²) in [6.07, 6.45) is 0. The highest BCUT2D eigenvalue weighted by atomic mass is 16.4. The van der Waals surface area contributed by atoms with E-state index in [9.17, 15) is 9.59 Å². The summed E-state index contributed by atoms with van der Waals surface area (Å²) in [6, 6.07) is 5.78. The fourth-order valence-electron chi connectivity index (χ4n) is 1.67. The van der Waals surface area contributed by atoms with Crippen molar-refractivity contribution in [3.8, 4) is 0 Å². The van der Waals surface area contributed by atoms with E-state index in [0.717, 1.165) is 0 Å². The van der Waals surface area contributed by atoms with E-state index in [1.807, 2.05) is 0 Å². The quantitative estimate of drug-likeness (QED) is 0.824. The number of carbonyl (C=O) groups is 2. The molecule has 2 N–H and O–H groups in total. The molecular weight excluding hydrogens is 222 g/mol. The number of rotatable bonds is 2. The van der Waals surface area contributed by atoms with Crippen LogP contribution in [0.25, 0.3) is 10.9 Å². The molecule has 86 valence electrons. The molecule has 1 aromatic carbocycles. The Hall–Kier alpha value is -2.43. The zero-order chi connectivity index (χ0) is 12.6. The van der Waals surface area contributed by atoms with Gasteiger partial charge in [-0.15, -0.1) is 0 Å². The number of pyridine rings is 1. The third-order valence-electron chi connectivity index (χ3n) is 2.46. The topological polar surface area (TPSA) is 87.5 Å². The Kier molecular flexibility index (Phi) is 2.51. The molecule has 0 unspecified atom stereocenters. The minimum Gasteiger partial charge on any atom is -0.478 e. The van der Waals surface area contributed by atoms with Crippen molar-refractivity contribution in [3.63, 3.8) is 0 Å². The van der Waals surface area contributed by atoms with Gasteiger partial charge in [0, 0.05) is 11.1 Å². The molecule has 0 saturated carbocycles. The number of aryl methyl sites for hydroxylation is 1. The molecule has 0 bridgehead atoms. The predicted molar refractivity (Wildman–Crippen MR) is 60.4 cm³/mol. The summed E-state index contributed by atoms with van der Waals surface area (Å²) in [5, 5.41) is 18.4. The van der Waals surface area contributed by atoms with Crippen LogP contribution in [-0.4, -0.2) is 27.1 Å². The molecule has 17 heavy (non-hydrogen) atoms. The third kappa shape index (κ3) is 1.82. The van der Waals surface area contributed by atoms with Crippen molar-refractivity contribution in [1.82, 2.24) is 4.98 Å². The summed E-state index contributed by atoms with van der Waals surface area (Å²) in [5.41, 5.74) is 0.908. The normalized spacial score (nSPS) is 10.4. The molecule has 2 aromatic rings. The Labute approximate surface area is 96.3 Å². The Bertz CT molecular complexity index is 634. The number of fused-ring (bicyclic) bond motifs is 1. The van der Waals surface area contributed by atoms with Gasteiger partial charge in [-0.3, -0.25) is 4.98 Å². The van der Waals surface area contributed by atoms with Gasteiger partial charge in [-0.1, -0.05) is 6.07 Å². The minimum absolute atomic E-state index is 0.00806. The summed E-state index contributed by atoms with van der Waals surface area (Å²) in [5.74, 6) is -2.22. The van der Waals surface area contributed by atoms with Gasteiger partial charge < -0.3 is 10.2 Å². The van der Waals surface area contributed by atoms with Crippen molar-refractivity contribution in [3.05, 3.63) is 41.1 Å². The van der Waals surface area contributed by atoms with Crippen molar-refractivity contribution in [2.24, 2.45) is 0 Å². The molecule has 0 saturated heterocycles. The lowest BCUT2D eigenvalue weighted by Gasteiger charge is -2.06. The lowest BCUT2D eigenvalue weighted by atomic mass is 10.0. The van der Waals surface area contributed by atoms with Crippen molar-refractivity contribution in [2.45, 2.75) is 6.92 Å². The van der Waals surface area contributed by atoms with Gasteiger partial charge in [-0.25, -0.2) is 9.59 Å². The molecule has 0 fully saturated rings. The number of hydrogen-bond donors (Lipinski definition) is 2. The van der Waals surface area contributed by atoms with E-state index in [1.54, 1.807) is 19.1 Å². The molecule has 0 aliphatic rings. The smallest absolute Gasteiger partial charge is 0.337 e. The number of carboxylic acid groups (broad SMARTS) is 2. The van der Waals surface area contributed by atoms with Gasteiger partial charge in [0.05, 0.1) is 16.6 Å². The second kappa shape index (κ2) is 3.86. The van der Waals surface area contributed by atoms with Gasteiger partial charge in [0.2, 0.25) is 0 Å². The van der Waals surface area contributed by atoms with Crippen LogP contribution in [0.15, 0.2) is 24.3 Å². The molecule has 0 aliphatic carbocycles. The highest BCUT2D eigenvalue weighted by Gasteiger charge is 2.15.